The Hall–Kier alpha value is -2.29. The molecule has 1 N–H and O–H groups in total. The van der Waals surface area contributed by atoms with Gasteiger partial charge in [0, 0.05) is 24.4 Å². The van der Waals surface area contributed by atoms with Crippen LogP contribution in [0, 0.1) is 24.7 Å². The number of aryl methyl sites for hydroxylation is 1. The van der Waals surface area contributed by atoms with E-state index >= 15 is 0 Å². The van der Waals surface area contributed by atoms with Crippen molar-refractivity contribution in [2.45, 2.75) is 75.5 Å². The molecule has 0 aromatic heterocycles. The summed E-state index contributed by atoms with van der Waals surface area (Å²) in [4.78, 5) is 48.8. The molecule has 6 atom stereocenters. The zero-order chi connectivity index (χ0) is 30.3. The number of thioether (sulfide) groups is 1. The number of aliphatic hydroxyl groups excluding tert-OH is 1. The van der Waals surface area contributed by atoms with Crippen LogP contribution < -0.4 is 4.90 Å². The number of fused-ring (bicyclic) bond motifs is 1. The number of halogens is 1. The number of para-hydroxylation sites is 1. The smallest absolute Gasteiger partial charge is 0.251 e. The minimum Gasteiger partial charge on any atom is -0.394 e. The third-order valence-corrected chi connectivity index (χ3v) is 11.5. The summed E-state index contributed by atoms with van der Waals surface area (Å²) in [5.74, 6) is -1.85. The molecule has 3 heterocycles. The van der Waals surface area contributed by atoms with Crippen LogP contribution in [0.25, 0.3) is 0 Å². The van der Waals surface area contributed by atoms with Gasteiger partial charge in [0.15, 0.2) is 0 Å². The molecule has 41 heavy (non-hydrogen) atoms. The molecule has 3 amide bonds. The summed E-state index contributed by atoms with van der Waals surface area (Å²) >= 11 is 8.31. The number of anilines is 1. The summed E-state index contributed by atoms with van der Waals surface area (Å²) in [7, 11) is 0. The monoisotopic (exact) mass is 601 g/mol. The van der Waals surface area contributed by atoms with Gasteiger partial charge in [0.05, 0.1) is 39.9 Å². The van der Waals surface area contributed by atoms with Crippen molar-refractivity contribution in [2.24, 2.45) is 17.8 Å². The number of amides is 3. The van der Waals surface area contributed by atoms with Crippen molar-refractivity contribution in [3.63, 3.8) is 0 Å². The zero-order valence-corrected chi connectivity index (χ0v) is 26.5. The predicted octanol–water partition coefficient (Wildman–Crippen LogP) is 5.09. The van der Waals surface area contributed by atoms with Crippen molar-refractivity contribution in [1.29, 1.82) is 0 Å². The Balaban J connectivity index is 1.89. The lowest BCUT2D eigenvalue weighted by Gasteiger charge is -2.41. The molecule has 2 bridgehead atoms. The summed E-state index contributed by atoms with van der Waals surface area (Å²) in [5, 5.41) is 11.0. The Morgan fingerprint density at radius 1 is 1.22 bits per heavy atom. The molecule has 2 unspecified atom stereocenters. The lowest BCUT2D eigenvalue weighted by Crippen LogP contribution is -2.58. The molecule has 1 spiro atoms. The molecule has 7 nitrogen and oxygen atoms in total. The number of hydrogen-bond acceptors (Lipinski definition) is 5. The molecule has 3 aliphatic heterocycles. The maximum atomic E-state index is 14.9. The Morgan fingerprint density at radius 3 is 2.46 bits per heavy atom. The van der Waals surface area contributed by atoms with Crippen LogP contribution in [0.3, 0.4) is 0 Å². The van der Waals surface area contributed by atoms with Gasteiger partial charge in [-0.15, -0.1) is 24.9 Å². The summed E-state index contributed by atoms with van der Waals surface area (Å²) in [6.07, 6.45) is 5.53. The average Bonchev–Trinajstić information content (AvgIpc) is 3.48. The van der Waals surface area contributed by atoms with Crippen LogP contribution in [0.2, 0.25) is 5.02 Å². The van der Waals surface area contributed by atoms with Crippen LogP contribution in [-0.4, -0.2) is 80.4 Å². The van der Waals surface area contributed by atoms with Crippen molar-refractivity contribution in [3.8, 4) is 0 Å². The molecule has 1 aromatic carbocycles. The second-order valence-electron chi connectivity index (χ2n) is 12.2. The van der Waals surface area contributed by atoms with Crippen molar-refractivity contribution in [1.82, 2.24) is 9.80 Å². The van der Waals surface area contributed by atoms with E-state index in [4.69, 9.17) is 11.6 Å². The summed E-state index contributed by atoms with van der Waals surface area (Å²) in [6.45, 7) is 18.6. The van der Waals surface area contributed by atoms with Gasteiger partial charge in [-0.25, -0.2) is 0 Å². The fourth-order valence-corrected chi connectivity index (χ4v) is 10.1. The van der Waals surface area contributed by atoms with E-state index in [1.165, 1.54) is 0 Å². The third kappa shape index (κ3) is 5.04. The maximum absolute atomic E-state index is 14.9. The molecule has 224 valence electrons. The van der Waals surface area contributed by atoms with E-state index in [1.807, 2.05) is 39.8 Å². The first-order chi connectivity index (χ1) is 19.4. The van der Waals surface area contributed by atoms with Crippen LogP contribution in [0.1, 0.15) is 52.5 Å². The SMILES string of the molecule is C=CCN(CCC)C(=O)[C@H]1[C@H]2C(=O)N([C@@H](CO)C(C)C)C(C(=O)N(CC=C)c3c(C)cccc3Cl)C23CC[C@]1(C)S3. The minimum atomic E-state index is -0.862. The van der Waals surface area contributed by atoms with Crippen molar-refractivity contribution < 1.29 is 19.5 Å². The average molecular weight is 602 g/mol. The van der Waals surface area contributed by atoms with Gasteiger partial charge in [-0.05, 0) is 50.7 Å². The van der Waals surface area contributed by atoms with E-state index in [-0.39, 0.29) is 36.8 Å². The van der Waals surface area contributed by atoms with Gasteiger partial charge in [0.2, 0.25) is 11.8 Å². The first kappa shape index (κ1) is 31.6. The van der Waals surface area contributed by atoms with E-state index in [0.717, 1.165) is 18.4 Å². The maximum Gasteiger partial charge on any atom is 0.251 e. The van der Waals surface area contributed by atoms with Crippen LogP contribution in [-0.2, 0) is 14.4 Å². The Morgan fingerprint density at radius 2 is 1.90 bits per heavy atom. The highest BCUT2D eigenvalue weighted by Crippen LogP contribution is 2.72. The second kappa shape index (κ2) is 12.1. The lowest BCUT2D eigenvalue weighted by atomic mass is 9.66. The van der Waals surface area contributed by atoms with Gasteiger partial charge in [0.1, 0.15) is 6.04 Å². The third-order valence-electron chi connectivity index (χ3n) is 9.22. The second-order valence-corrected chi connectivity index (χ2v) is 14.5. The number of carbonyl (C=O) groups excluding carboxylic acids is 3. The minimum absolute atomic E-state index is 0.0512. The van der Waals surface area contributed by atoms with Gasteiger partial charge in [-0.2, -0.15) is 0 Å². The van der Waals surface area contributed by atoms with Gasteiger partial charge in [-0.1, -0.05) is 56.7 Å². The fourth-order valence-electron chi connectivity index (χ4n) is 7.44. The van der Waals surface area contributed by atoms with Crippen LogP contribution in [0.4, 0.5) is 5.69 Å². The molecule has 1 aromatic rings. The molecule has 4 rings (SSSR count). The van der Waals surface area contributed by atoms with Crippen LogP contribution in [0.15, 0.2) is 43.5 Å². The van der Waals surface area contributed by atoms with Crippen molar-refractivity contribution >= 4 is 46.8 Å². The van der Waals surface area contributed by atoms with Gasteiger partial charge >= 0.3 is 0 Å². The first-order valence-electron chi connectivity index (χ1n) is 14.6. The number of nitrogens with zero attached hydrogens (tertiary/aromatic N) is 3. The van der Waals surface area contributed by atoms with Gasteiger partial charge in [0.25, 0.3) is 5.91 Å². The molecule has 0 saturated carbocycles. The fraction of sp³-hybridized carbons (Fsp3) is 0.594. The summed E-state index contributed by atoms with van der Waals surface area (Å²) in [5.41, 5.74) is 1.43. The van der Waals surface area contributed by atoms with Crippen molar-refractivity contribution in [2.75, 3.05) is 31.1 Å². The highest BCUT2D eigenvalue weighted by atomic mass is 35.5. The molecule has 0 aliphatic carbocycles. The standard InChI is InChI=1S/C32H44ClN3O4S/c1-8-16-34(17-9-2)28(38)24-25-29(39)36(23(19-37)20(4)5)27(32(25)15-14-31(24,7)41-32)30(40)35(18-10-3)26-21(6)12-11-13-22(26)33/h8,10-13,20,23-25,27,37H,1,3,9,14-19H2,2,4-7H3/t23-,24+,25-,27?,31-,32?/m0/s1. The highest BCUT2D eigenvalue weighted by Gasteiger charge is 2.78. The zero-order valence-electron chi connectivity index (χ0n) is 24.9. The Kier molecular flexibility index (Phi) is 9.37. The number of rotatable bonds is 12. The van der Waals surface area contributed by atoms with E-state index in [2.05, 4.69) is 20.1 Å². The predicted molar refractivity (Wildman–Crippen MR) is 167 cm³/mol. The highest BCUT2D eigenvalue weighted by molar-refractivity contribution is 8.02. The molecular weight excluding hydrogens is 558 g/mol. The number of aliphatic hydroxyl groups is 1. The van der Waals surface area contributed by atoms with Gasteiger partial charge < -0.3 is 19.8 Å². The number of benzene rings is 1. The normalized spacial score (nSPS) is 29.0. The van der Waals surface area contributed by atoms with E-state index in [0.29, 0.717) is 30.2 Å². The lowest BCUT2D eigenvalue weighted by molar-refractivity contribution is -0.147. The molecule has 3 saturated heterocycles. The topological polar surface area (TPSA) is 81.2 Å². The van der Waals surface area contributed by atoms with E-state index in [9.17, 15) is 19.5 Å². The van der Waals surface area contributed by atoms with Crippen LogP contribution >= 0.6 is 23.4 Å². The molecule has 0 radical (unpaired) electrons. The molecular formula is C32H44ClN3O4S. The summed E-state index contributed by atoms with van der Waals surface area (Å²) < 4.78 is -1.28. The quantitative estimate of drug-likeness (QED) is 0.338. The molecule has 9 heteroatoms. The molecule has 3 aliphatic rings. The molecule has 3 fully saturated rings. The van der Waals surface area contributed by atoms with E-state index < -0.39 is 33.4 Å². The number of hydrogen-bond donors (Lipinski definition) is 1. The largest absolute Gasteiger partial charge is 0.394 e. The first-order valence-corrected chi connectivity index (χ1v) is 15.8. The van der Waals surface area contributed by atoms with Crippen molar-refractivity contribution in [3.05, 3.63) is 54.1 Å². The number of carbonyl (C=O) groups is 3. The van der Waals surface area contributed by atoms with Crippen LogP contribution in [0.5, 0.6) is 0 Å². The Bertz CT molecular complexity index is 1200. The van der Waals surface area contributed by atoms with E-state index in [1.54, 1.807) is 44.7 Å². The number of likely N-dealkylation sites (tertiary alicyclic amines) is 1. The van der Waals surface area contributed by atoms with Gasteiger partial charge in [-0.3, -0.25) is 14.4 Å². The summed E-state index contributed by atoms with van der Waals surface area (Å²) in [6, 6.07) is 4.07. The Labute approximate surface area is 254 Å².